The predicted molar refractivity (Wildman–Crippen MR) is 96.8 cm³/mol. The maximum absolute atomic E-state index is 12.2. The van der Waals surface area contributed by atoms with E-state index in [2.05, 4.69) is 50.4 Å². The van der Waals surface area contributed by atoms with Gasteiger partial charge in [-0.05, 0) is 43.0 Å². The maximum atomic E-state index is 12.2. The standard InChI is InChI=1S/C17H21BrN4O/c1-11(2)6-7-19-17-20-9-13(10-21-17)16(23)22-14-4-5-15(18)12(3)8-14/h4-5,8-11H,6-7H2,1-3H3,(H,22,23)(H,19,20,21). The summed E-state index contributed by atoms with van der Waals surface area (Å²) in [5.74, 6) is 0.948. The molecule has 122 valence electrons. The first kappa shape index (κ1) is 17.4. The Morgan fingerprint density at radius 1 is 1.26 bits per heavy atom. The van der Waals surface area contributed by atoms with Gasteiger partial charge in [-0.2, -0.15) is 0 Å². The fourth-order valence-electron chi connectivity index (χ4n) is 1.93. The van der Waals surface area contributed by atoms with Gasteiger partial charge in [-0.1, -0.05) is 29.8 Å². The Hall–Kier alpha value is -1.95. The third kappa shape index (κ3) is 5.32. The van der Waals surface area contributed by atoms with Crippen molar-refractivity contribution in [1.29, 1.82) is 0 Å². The van der Waals surface area contributed by atoms with Gasteiger partial charge < -0.3 is 10.6 Å². The Labute approximate surface area is 145 Å². The molecule has 1 heterocycles. The molecule has 0 saturated heterocycles. The van der Waals surface area contributed by atoms with Crippen LogP contribution >= 0.6 is 15.9 Å². The second kappa shape index (κ2) is 8.06. The van der Waals surface area contributed by atoms with Crippen LogP contribution in [0.3, 0.4) is 0 Å². The molecule has 0 atom stereocenters. The highest BCUT2D eigenvalue weighted by Gasteiger charge is 2.08. The molecule has 1 aromatic heterocycles. The van der Waals surface area contributed by atoms with Gasteiger partial charge in [0.05, 0.1) is 5.56 Å². The average molecular weight is 377 g/mol. The fraction of sp³-hybridized carbons (Fsp3) is 0.353. The molecule has 0 bridgehead atoms. The Kier molecular flexibility index (Phi) is 6.10. The van der Waals surface area contributed by atoms with E-state index in [-0.39, 0.29) is 5.91 Å². The molecule has 1 amide bonds. The topological polar surface area (TPSA) is 66.9 Å². The van der Waals surface area contributed by atoms with Crippen LogP contribution in [0, 0.1) is 12.8 Å². The van der Waals surface area contributed by atoms with E-state index >= 15 is 0 Å². The average Bonchev–Trinajstić information content (AvgIpc) is 2.51. The molecule has 0 radical (unpaired) electrons. The first-order valence-corrected chi connectivity index (χ1v) is 8.38. The van der Waals surface area contributed by atoms with Crippen LogP contribution in [-0.4, -0.2) is 22.4 Å². The van der Waals surface area contributed by atoms with E-state index in [4.69, 9.17) is 0 Å². The molecular weight excluding hydrogens is 356 g/mol. The highest BCUT2D eigenvalue weighted by molar-refractivity contribution is 9.10. The SMILES string of the molecule is Cc1cc(NC(=O)c2cnc(NCCC(C)C)nc2)ccc1Br. The van der Waals surface area contributed by atoms with Crippen LogP contribution in [0.4, 0.5) is 11.6 Å². The van der Waals surface area contributed by atoms with Crippen molar-refractivity contribution in [1.82, 2.24) is 9.97 Å². The zero-order valence-corrected chi connectivity index (χ0v) is 15.1. The number of anilines is 2. The molecule has 2 rings (SSSR count). The van der Waals surface area contributed by atoms with Gasteiger partial charge >= 0.3 is 0 Å². The summed E-state index contributed by atoms with van der Waals surface area (Å²) in [6.45, 7) is 7.13. The van der Waals surface area contributed by atoms with E-state index in [1.807, 2.05) is 25.1 Å². The van der Waals surface area contributed by atoms with Crippen molar-refractivity contribution in [2.24, 2.45) is 5.92 Å². The van der Waals surface area contributed by atoms with Gasteiger partial charge in [0.2, 0.25) is 5.95 Å². The van der Waals surface area contributed by atoms with Crippen molar-refractivity contribution in [3.8, 4) is 0 Å². The van der Waals surface area contributed by atoms with Crippen LogP contribution in [0.15, 0.2) is 35.1 Å². The van der Waals surface area contributed by atoms with Gasteiger partial charge in [0, 0.05) is 29.1 Å². The maximum Gasteiger partial charge on any atom is 0.258 e. The van der Waals surface area contributed by atoms with Crippen molar-refractivity contribution in [3.63, 3.8) is 0 Å². The highest BCUT2D eigenvalue weighted by atomic mass is 79.9. The Morgan fingerprint density at radius 3 is 2.57 bits per heavy atom. The van der Waals surface area contributed by atoms with Crippen molar-refractivity contribution in [2.45, 2.75) is 27.2 Å². The molecule has 0 saturated carbocycles. The van der Waals surface area contributed by atoms with Crippen molar-refractivity contribution >= 4 is 33.5 Å². The number of carbonyl (C=O) groups excluding carboxylic acids is 1. The molecular formula is C17H21BrN4O. The van der Waals surface area contributed by atoms with E-state index in [9.17, 15) is 4.79 Å². The number of rotatable bonds is 6. The van der Waals surface area contributed by atoms with E-state index < -0.39 is 0 Å². The summed E-state index contributed by atoms with van der Waals surface area (Å²) in [7, 11) is 0. The molecule has 0 aliphatic rings. The smallest absolute Gasteiger partial charge is 0.258 e. The number of aryl methyl sites for hydroxylation is 1. The van der Waals surface area contributed by atoms with Gasteiger partial charge in [0.15, 0.2) is 0 Å². The summed E-state index contributed by atoms with van der Waals surface area (Å²) < 4.78 is 1.01. The Balaban J connectivity index is 1.95. The van der Waals surface area contributed by atoms with Gasteiger partial charge in [-0.3, -0.25) is 4.79 Å². The van der Waals surface area contributed by atoms with E-state index in [0.29, 0.717) is 17.4 Å². The monoisotopic (exact) mass is 376 g/mol. The van der Waals surface area contributed by atoms with Crippen LogP contribution in [-0.2, 0) is 0 Å². The fourth-order valence-corrected chi connectivity index (χ4v) is 2.18. The zero-order valence-electron chi connectivity index (χ0n) is 13.6. The second-order valence-corrected chi connectivity index (χ2v) is 6.68. The van der Waals surface area contributed by atoms with Crippen LogP contribution in [0.1, 0.15) is 36.2 Å². The number of hydrogen-bond acceptors (Lipinski definition) is 4. The highest BCUT2D eigenvalue weighted by Crippen LogP contribution is 2.20. The number of benzene rings is 1. The summed E-state index contributed by atoms with van der Waals surface area (Å²) in [5.41, 5.74) is 2.23. The molecule has 2 aromatic rings. The molecule has 1 aromatic carbocycles. The second-order valence-electron chi connectivity index (χ2n) is 5.82. The zero-order chi connectivity index (χ0) is 16.8. The third-order valence-corrected chi connectivity index (χ3v) is 4.22. The molecule has 5 nitrogen and oxygen atoms in total. The molecule has 0 aliphatic carbocycles. The number of amides is 1. The molecule has 0 fully saturated rings. The quantitative estimate of drug-likeness (QED) is 0.790. The lowest BCUT2D eigenvalue weighted by Gasteiger charge is -2.08. The number of hydrogen-bond donors (Lipinski definition) is 2. The minimum atomic E-state index is -0.222. The number of aromatic nitrogens is 2. The Morgan fingerprint density at radius 2 is 1.96 bits per heavy atom. The molecule has 0 spiro atoms. The summed E-state index contributed by atoms with van der Waals surface area (Å²) in [6, 6.07) is 5.66. The number of carbonyl (C=O) groups is 1. The lowest BCUT2D eigenvalue weighted by Crippen LogP contribution is -2.14. The normalized spacial score (nSPS) is 10.7. The number of nitrogens with one attached hydrogen (secondary N) is 2. The number of nitrogens with zero attached hydrogens (tertiary/aromatic N) is 2. The summed E-state index contributed by atoms with van der Waals surface area (Å²) in [5, 5.41) is 5.99. The largest absolute Gasteiger partial charge is 0.354 e. The van der Waals surface area contributed by atoms with Crippen LogP contribution in [0.25, 0.3) is 0 Å². The minimum absolute atomic E-state index is 0.222. The van der Waals surface area contributed by atoms with Gasteiger partial charge in [0.1, 0.15) is 0 Å². The molecule has 6 heteroatoms. The Bertz CT molecular complexity index is 671. The van der Waals surface area contributed by atoms with Gasteiger partial charge in [-0.25, -0.2) is 9.97 Å². The van der Waals surface area contributed by atoms with Gasteiger partial charge in [0.25, 0.3) is 5.91 Å². The van der Waals surface area contributed by atoms with E-state index in [1.165, 1.54) is 12.4 Å². The first-order chi connectivity index (χ1) is 11.0. The molecule has 23 heavy (non-hydrogen) atoms. The van der Waals surface area contributed by atoms with E-state index in [1.54, 1.807) is 0 Å². The van der Waals surface area contributed by atoms with Gasteiger partial charge in [-0.15, -0.1) is 0 Å². The summed E-state index contributed by atoms with van der Waals surface area (Å²) >= 11 is 3.44. The molecule has 0 aliphatic heterocycles. The van der Waals surface area contributed by atoms with E-state index in [0.717, 1.165) is 28.7 Å². The van der Waals surface area contributed by atoms with Crippen molar-refractivity contribution in [3.05, 3.63) is 46.2 Å². The minimum Gasteiger partial charge on any atom is -0.354 e. The predicted octanol–water partition coefficient (Wildman–Crippen LogP) is 4.26. The van der Waals surface area contributed by atoms with Crippen LogP contribution in [0.2, 0.25) is 0 Å². The van der Waals surface area contributed by atoms with Crippen LogP contribution in [0.5, 0.6) is 0 Å². The summed E-state index contributed by atoms with van der Waals surface area (Å²) in [6.07, 6.45) is 4.12. The van der Waals surface area contributed by atoms with Crippen molar-refractivity contribution in [2.75, 3.05) is 17.2 Å². The first-order valence-electron chi connectivity index (χ1n) is 7.59. The van der Waals surface area contributed by atoms with Crippen LogP contribution < -0.4 is 10.6 Å². The lowest BCUT2D eigenvalue weighted by atomic mass is 10.1. The lowest BCUT2D eigenvalue weighted by molar-refractivity contribution is 0.102. The molecule has 0 unspecified atom stereocenters. The molecule has 2 N–H and O–H groups in total. The van der Waals surface area contributed by atoms with Crippen molar-refractivity contribution < 1.29 is 4.79 Å². The third-order valence-electron chi connectivity index (χ3n) is 3.33. The summed E-state index contributed by atoms with van der Waals surface area (Å²) in [4.78, 5) is 20.6. The number of halogens is 1.